The van der Waals surface area contributed by atoms with Crippen molar-refractivity contribution >= 4 is 38.2 Å². The van der Waals surface area contributed by atoms with Crippen LogP contribution in [0.5, 0.6) is 0 Å². The number of rotatable bonds is 2. The quantitative estimate of drug-likeness (QED) is 0.759. The van der Waals surface area contributed by atoms with E-state index in [1.165, 1.54) is 0 Å². The molecule has 2 aromatic heterocycles. The fourth-order valence-corrected chi connectivity index (χ4v) is 2.20. The highest BCUT2D eigenvalue weighted by Crippen LogP contribution is 2.26. The largest absolute Gasteiger partial charge is 0.340 e. The zero-order valence-corrected chi connectivity index (χ0v) is 12.0. The van der Waals surface area contributed by atoms with Gasteiger partial charge in [0, 0.05) is 33.3 Å². The maximum atomic E-state index is 4.50. The molecule has 2 heterocycles. The Morgan fingerprint density at radius 1 is 1.11 bits per heavy atom. The maximum Gasteiger partial charge on any atom is 0.130 e. The molecule has 0 unspecified atom stereocenters. The van der Waals surface area contributed by atoms with Crippen LogP contribution in [0.4, 0.5) is 11.5 Å². The van der Waals surface area contributed by atoms with E-state index in [0.717, 1.165) is 32.4 Å². The van der Waals surface area contributed by atoms with Gasteiger partial charge in [-0.3, -0.25) is 4.98 Å². The molecule has 4 heteroatoms. The second kappa shape index (κ2) is 4.97. The SMILES string of the molecule is Cc1nc(Nc2cccc3cnccc23)ccc1Br. The molecule has 0 amide bonds. The van der Waals surface area contributed by atoms with Crippen LogP contribution in [0.3, 0.4) is 0 Å². The van der Waals surface area contributed by atoms with E-state index >= 15 is 0 Å². The first-order valence-corrected chi connectivity index (χ1v) is 6.76. The van der Waals surface area contributed by atoms with Crippen LogP contribution >= 0.6 is 15.9 Å². The van der Waals surface area contributed by atoms with E-state index in [4.69, 9.17) is 0 Å². The van der Waals surface area contributed by atoms with E-state index in [9.17, 15) is 0 Å². The predicted octanol–water partition coefficient (Wildman–Crippen LogP) is 4.44. The van der Waals surface area contributed by atoms with Gasteiger partial charge < -0.3 is 5.32 Å². The zero-order chi connectivity index (χ0) is 13.2. The number of hydrogen-bond donors (Lipinski definition) is 1. The van der Waals surface area contributed by atoms with Crippen LogP contribution in [-0.2, 0) is 0 Å². The minimum absolute atomic E-state index is 0.838. The number of pyridine rings is 2. The molecule has 0 atom stereocenters. The first-order valence-electron chi connectivity index (χ1n) is 5.97. The second-order valence-electron chi connectivity index (χ2n) is 4.29. The summed E-state index contributed by atoms with van der Waals surface area (Å²) < 4.78 is 1.01. The molecule has 3 nitrogen and oxygen atoms in total. The van der Waals surface area contributed by atoms with Gasteiger partial charge in [0.25, 0.3) is 0 Å². The lowest BCUT2D eigenvalue weighted by Gasteiger charge is -2.09. The van der Waals surface area contributed by atoms with Gasteiger partial charge in [0.05, 0.1) is 5.69 Å². The van der Waals surface area contributed by atoms with E-state index in [2.05, 4.69) is 31.2 Å². The van der Waals surface area contributed by atoms with Crippen molar-refractivity contribution in [3.8, 4) is 0 Å². The normalized spacial score (nSPS) is 10.6. The third-order valence-corrected chi connectivity index (χ3v) is 3.80. The molecule has 0 radical (unpaired) electrons. The summed E-state index contributed by atoms with van der Waals surface area (Å²) >= 11 is 3.46. The third-order valence-electron chi connectivity index (χ3n) is 2.96. The van der Waals surface area contributed by atoms with Gasteiger partial charge in [-0.25, -0.2) is 4.98 Å². The number of anilines is 2. The smallest absolute Gasteiger partial charge is 0.130 e. The molecule has 0 saturated carbocycles. The summed E-state index contributed by atoms with van der Waals surface area (Å²) in [4.78, 5) is 8.64. The standard InChI is InChI=1S/C15H12BrN3/c1-10-13(16)5-6-15(18-10)19-14-4-2-3-11-9-17-8-7-12(11)14/h2-9H,1H3,(H,18,19). The number of aryl methyl sites for hydroxylation is 1. The van der Waals surface area contributed by atoms with Crippen LogP contribution in [-0.4, -0.2) is 9.97 Å². The molecule has 0 aliphatic carbocycles. The van der Waals surface area contributed by atoms with Crippen molar-refractivity contribution in [3.63, 3.8) is 0 Å². The van der Waals surface area contributed by atoms with E-state index in [-0.39, 0.29) is 0 Å². The summed E-state index contributed by atoms with van der Waals surface area (Å²) in [5.74, 6) is 0.838. The summed E-state index contributed by atoms with van der Waals surface area (Å²) in [7, 11) is 0. The summed E-state index contributed by atoms with van der Waals surface area (Å²) in [5.41, 5.74) is 2.00. The molecule has 1 N–H and O–H groups in total. The molecule has 1 aromatic carbocycles. The van der Waals surface area contributed by atoms with Gasteiger partial charge in [0.1, 0.15) is 5.82 Å². The molecule has 0 aliphatic rings. The Bertz CT molecular complexity index is 735. The summed E-state index contributed by atoms with van der Waals surface area (Å²) in [6, 6.07) is 12.1. The Labute approximate surface area is 119 Å². The first-order chi connectivity index (χ1) is 9.24. The van der Waals surface area contributed by atoms with Crippen LogP contribution in [0, 0.1) is 6.92 Å². The Morgan fingerprint density at radius 2 is 2.00 bits per heavy atom. The average molecular weight is 314 g/mol. The number of halogens is 1. The summed E-state index contributed by atoms with van der Waals surface area (Å²) in [6.45, 7) is 1.97. The van der Waals surface area contributed by atoms with Crippen LogP contribution in [0.1, 0.15) is 5.69 Å². The predicted molar refractivity (Wildman–Crippen MR) is 81.7 cm³/mol. The molecule has 0 aliphatic heterocycles. The van der Waals surface area contributed by atoms with Gasteiger partial charge >= 0.3 is 0 Å². The fourth-order valence-electron chi connectivity index (χ4n) is 1.98. The molecule has 3 aromatic rings. The van der Waals surface area contributed by atoms with E-state index in [1.54, 1.807) is 6.20 Å². The van der Waals surface area contributed by atoms with E-state index in [1.807, 2.05) is 49.5 Å². The number of nitrogens with zero attached hydrogens (tertiary/aromatic N) is 2. The lowest BCUT2D eigenvalue weighted by molar-refractivity contribution is 1.18. The maximum absolute atomic E-state index is 4.50. The minimum Gasteiger partial charge on any atom is -0.340 e. The highest BCUT2D eigenvalue weighted by molar-refractivity contribution is 9.10. The van der Waals surface area contributed by atoms with Crippen molar-refractivity contribution in [2.75, 3.05) is 5.32 Å². The van der Waals surface area contributed by atoms with Crippen LogP contribution in [0.2, 0.25) is 0 Å². The average Bonchev–Trinajstić information content (AvgIpc) is 2.43. The first kappa shape index (κ1) is 12.1. The van der Waals surface area contributed by atoms with Gasteiger partial charge in [-0.15, -0.1) is 0 Å². The van der Waals surface area contributed by atoms with Gasteiger partial charge in [0.15, 0.2) is 0 Å². The van der Waals surface area contributed by atoms with Crippen molar-refractivity contribution in [1.29, 1.82) is 0 Å². The van der Waals surface area contributed by atoms with E-state index < -0.39 is 0 Å². The molecule has 94 valence electrons. The highest BCUT2D eigenvalue weighted by Gasteiger charge is 2.03. The van der Waals surface area contributed by atoms with Gasteiger partial charge in [-0.1, -0.05) is 12.1 Å². The van der Waals surface area contributed by atoms with Gasteiger partial charge in [0.2, 0.25) is 0 Å². The topological polar surface area (TPSA) is 37.8 Å². The molecule has 19 heavy (non-hydrogen) atoms. The highest BCUT2D eigenvalue weighted by atomic mass is 79.9. The molecular weight excluding hydrogens is 302 g/mol. The van der Waals surface area contributed by atoms with Crippen LogP contribution < -0.4 is 5.32 Å². The lowest BCUT2D eigenvalue weighted by atomic mass is 10.1. The van der Waals surface area contributed by atoms with Crippen molar-refractivity contribution in [2.24, 2.45) is 0 Å². The summed E-state index contributed by atoms with van der Waals surface area (Å²) in [5, 5.41) is 5.61. The Hall–Kier alpha value is -1.94. The monoisotopic (exact) mass is 313 g/mol. The molecule has 0 bridgehead atoms. The molecule has 3 rings (SSSR count). The van der Waals surface area contributed by atoms with Gasteiger partial charge in [-0.05, 0) is 47.1 Å². The van der Waals surface area contributed by atoms with Crippen LogP contribution in [0.15, 0.2) is 53.3 Å². The third kappa shape index (κ3) is 2.44. The number of nitrogens with one attached hydrogen (secondary N) is 1. The van der Waals surface area contributed by atoms with Crippen LogP contribution in [0.25, 0.3) is 10.8 Å². The van der Waals surface area contributed by atoms with Crippen molar-refractivity contribution in [3.05, 3.63) is 59.0 Å². The minimum atomic E-state index is 0.838. The zero-order valence-electron chi connectivity index (χ0n) is 10.4. The number of benzene rings is 1. The lowest BCUT2D eigenvalue weighted by Crippen LogP contribution is -1.96. The van der Waals surface area contributed by atoms with Crippen molar-refractivity contribution in [1.82, 2.24) is 9.97 Å². The fraction of sp³-hybridized carbons (Fsp3) is 0.0667. The van der Waals surface area contributed by atoms with Gasteiger partial charge in [-0.2, -0.15) is 0 Å². The molecule has 0 saturated heterocycles. The summed E-state index contributed by atoms with van der Waals surface area (Å²) in [6.07, 6.45) is 3.66. The van der Waals surface area contributed by atoms with Crippen molar-refractivity contribution in [2.45, 2.75) is 6.92 Å². The number of aromatic nitrogens is 2. The number of fused-ring (bicyclic) bond motifs is 1. The number of hydrogen-bond acceptors (Lipinski definition) is 3. The molecule has 0 fully saturated rings. The Morgan fingerprint density at radius 3 is 2.84 bits per heavy atom. The van der Waals surface area contributed by atoms with Crippen molar-refractivity contribution < 1.29 is 0 Å². The molecule has 0 spiro atoms. The molecular formula is C15H12BrN3. The van der Waals surface area contributed by atoms with E-state index in [0.29, 0.717) is 0 Å². The Kier molecular flexibility index (Phi) is 3.17. The Balaban J connectivity index is 2.03. The second-order valence-corrected chi connectivity index (χ2v) is 5.15.